The Morgan fingerprint density at radius 2 is 0.889 bits per heavy atom. The van der Waals surface area contributed by atoms with Crippen LogP contribution in [0.3, 0.4) is 0 Å². The summed E-state index contributed by atoms with van der Waals surface area (Å²) in [5.41, 5.74) is 0. The molecule has 4 fully saturated rings. The average molecular weight is 667 g/mol. The summed E-state index contributed by atoms with van der Waals surface area (Å²) in [6.45, 7) is -3.99. The van der Waals surface area contributed by atoms with Gasteiger partial charge >= 0.3 is 0 Å². The third-order valence-electron chi connectivity index (χ3n) is 8.23. The minimum Gasteiger partial charge on any atom is -0.394 e. The van der Waals surface area contributed by atoms with Crippen LogP contribution in [0.4, 0.5) is 0 Å². The molecule has 0 bridgehead atoms. The normalized spacial score (nSPS) is 52.7. The SMILES string of the molecule is OC[C@H]1O[C@@H](OC[C@H]2O[C@@H](OC[C@H]3O[C@@H](O[C@@H]4[C@@H](CO)OC(O)(CO)[C@H]4O)[C@H](O)[C@@H](O)[C@H]3O)[C@H](O)[C@@H](O)[C@H]2O)[C@H](O)[C@@H](O)[C@H]1O. The number of rotatable bonds is 11. The highest BCUT2D eigenvalue weighted by Gasteiger charge is 2.57. The fourth-order valence-corrected chi connectivity index (χ4v) is 5.39. The van der Waals surface area contributed by atoms with Crippen molar-refractivity contribution in [2.45, 2.75) is 116 Å². The van der Waals surface area contributed by atoms with E-state index in [9.17, 15) is 71.5 Å². The minimum atomic E-state index is -2.53. The molecule has 0 aliphatic carbocycles. The van der Waals surface area contributed by atoms with Crippen LogP contribution < -0.4 is 0 Å². The van der Waals surface area contributed by atoms with Gasteiger partial charge in [-0.2, -0.15) is 0 Å². The molecule has 21 nitrogen and oxygen atoms in total. The summed E-state index contributed by atoms with van der Waals surface area (Å²) in [7, 11) is 0. The Morgan fingerprint density at radius 1 is 0.489 bits per heavy atom. The van der Waals surface area contributed by atoms with Crippen molar-refractivity contribution in [2.24, 2.45) is 0 Å². The summed E-state index contributed by atoms with van der Waals surface area (Å²) in [5, 5.41) is 141. The van der Waals surface area contributed by atoms with E-state index in [1.165, 1.54) is 0 Å². The van der Waals surface area contributed by atoms with Crippen molar-refractivity contribution in [3.63, 3.8) is 0 Å². The highest BCUT2D eigenvalue weighted by Crippen LogP contribution is 2.34. The van der Waals surface area contributed by atoms with Crippen molar-refractivity contribution in [1.82, 2.24) is 0 Å². The van der Waals surface area contributed by atoms with Gasteiger partial charge in [-0.25, -0.2) is 0 Å². The molecular weight excluding hydrogens is 624 g/mol. The van der Waals surface area contributed by atoms with Gasteiger partial charge < -0.3 is 105 Å². The van der Waals surface area contributed by atoms with Crippen LogP contribution in [-0.4, -0.2) is 221 Å². The van der Waals surface area contributed by atoms with E-state index >= 15 is 0 Å². The highest BCUT2D eigenvalue weighted by molar-refractivity contribution is 4.98. The molecule has 4 rings (SSSR count). The van der Waals surface area contributed by atoms with Crippen LogP contribution in [0.25, 0.3) is 0 Å². The number of ether oxygens (including phenoxy) is 7. The molecule has 14 N–H and O–H groups in total. The van der Waals surface area contributed by atoms with Crippen LogP contribution >= 0.6 is 0 Å². The third kappa shape index (κ3) is 7.44. The smallest absolute Gasteiger partial charge is 0.219 e. The quantitative estimate of drug-likeness (QED) is 0.0973. The Balaban J connectivity index is 1.38. The first-order valence-corrected chi connectivity index (χ1v) is 14.1. The van der Waals surface area contributed by atoms with Crippen LogP contribution in [0, 0.1) is 0 Å². The standard InChI is InChI=1S/C24H42O21/c25-1-6-10(28)13(31)16(34)21(41-6)39-3-8-11(29)14(32)17(35)22(42-8)40-4-9-12(30)15(33)18(36)23(43-9)44-19-7(2-26)45-24(38,5-27)20(19)37/h6-23,25-38H,1-5H2/t6-,7-,8-,9-,10+,11+,12+,13+,14+,15+,16-,17-,18-,19-,20+,21-,22-,23+,24?/m1/s1. The number of aliphatic hydroxyl groups excluding tert-OH is 13. The van der Waals surface area contributed by atoms with Crippen LogP contribution in [-0.2, 0) is 33.2 Å². The number of hydrogen-bond acceptors (Lipinski definition) is 21. The average Bonchev–Trinajstić information content (AvgIpc) is 3.28. The van der Waals surface area contributed by atoms with Crippen molar-refractivity contribution in [3.8, 4) is 0 Å². The van der Waals surface area contributed by atoms with Crippen molar-refractivity contribution >= 4 is 0 Å². The van der Waals surface area contributed by atoms with Gasteiger partial charge in [-0.3, -0.25) is 0 Å². The molecule has 4 heterocycles. The second-order valence-electron chi connectivity index (χ2n) is 11.3. The first kappa shape index (κ1) is 37.0. The molecule has 0 radical (unpaired) electrons. The van der Waals surface area contributed by atoms with E-state index in [2.05, 4.69) is 0 Å². The molecule has 45 heavy (non-hydrogen) atoms. The molecule has 0 amide bonds. The fraction of sp³-hybridized carbons (Fsp3) is 1.00. The number of hydrogen-bond donors (Lipinski definition) is 14. The Kier molecular flexibility index (Phi) is 12.5. The Bertz CT molecular complexity index is 931. The first-order chi connectivity index (χ1) is 21.2. The molecule has 0 aromatic heterocycles. The predicted octanol–water partition coefficient (Wildman–Crippen LogP) is -9.75. The number of aliphatic hydroxyl groups is 14. The van der Waals surface area contributed by atoms with Gasteiger partial charge in [0.25, 0.3) is 0 Å². The molecule has 264 valence electrons. The van der Waals surface area contributed by atoms with E-state index < -0.39 is 149 Å². The molecule has 0 spiro atoms. The maximum absolute atomic E-state index is 10.5. The third-order valence-corrected chi connectivity index (χ3v) is 8.23. The van der Waals surface area contributed by atoms with Gasteiger partial charge in [0, 0.05) is 0 Å². The zero-order valence-electron chi connectivity index (χ0n) is 23.5. The van der Waals surface area contributed by atoms with E-state index in [4.69, 9.17) is 33.2 Å². The summed E-state index contributed by atoms with van der Waals surface area (Å²) < 4.78 is 37.4. The maximum atomic E-state index is 10.5. The van der Waals surface area contributed by atoms with Gasteiger partial charge in [-0.15, -0.1) is 0 Å². The molecule has 4 aliphatic heterocycles. The molecular formula is C24H42O21. The minimum absolute atomic E-state index is 0.644. The van der Waals surface area contributed by atoms with Gasteiger partial charge in [0.2, 0.25) is 5.79 Å². The predicted molar refractivity (Wildman–Crippen MR) is 134 cm³/mol. The van der Waals surface area contributed by atoms with Crippen molar-refractivity contribution < 1.29 is 105 Å². The molecule has 0 aromatic carbocycles. The van der Waals surface area contributed by atoms with Gasteiger partial charge in [0.15, 0.2) is 18.9 Å². The largest absolute Gasteiger partial charge is 0.394 e. The molecule has 19 atom stereocenters. The van der Waals surface area contributed by atoms with Gasteiger partial charge in [-0.1, -0.05) is 0 Å². The lowest BCUT2D eigenvalue weighted by Crippen LogP contribution is -2.63. The van der Waals surface area contributed by atoms with Crippen molar-refractivity contribution in [1.29, 1.82) is 0 Å². The van der Waals surface area contributed by atoms with Crippen LogP contribution in [0.15, 0.2) is 0 Å². The summed E-state index contributed by atoms with van der Waals surface area (Å²) in [5.74, 6) is -2.53. The van der Waals surface area contributed by atoms with Gasteiger partial charge in [-0.05, 0) is 0 Å². The van der Waals surface area contributed by atoms with Gasteiger partial charge in [0.1, 0.15) is 91.6 Å². The second kappa shape index (κ2) is 15.1. The van der Waals surface area contributed by atoms with Crippen LogP contribution in [0.2, 0.25) is 0 Å². The Hall–Kier alpha value is -0.840. The monoisotopic (exact) mass is 666 g/mol. The fourth-order valence-electron chi connectivity index (χ4n) is 5.39. The molecule has 1 unspecified atom stereocenters. The first-order valence-electron chi connectivity index (χ1n) is 14.1. The lowest BCUT2D eigenvalue weighted by molar-refractivity contribution is -0.346. The van der Waals surface area contributed by atoms with E-state index in [1.54, 1.807) is 0 Å². The van der Waals surface area contributed by atoms with E-state index in [-0.39, 0.29) is 0 Å². The van der Waals surface area contributed by atoms with Crippen LogP contribution in [0.1, 0.15) is 0 Å². The molecule has 21 heteroatoms. The summed E-state index contributed by atoms with van der Waals surface area (Å²) in [4.78, 5) is 0. The zero-order chi connectivity index (χ0) is 33.4. The summed E-state index contributed by atoms with van der Waals surface area (Å²) in [6, 6.07) is 0. The summed E-state index contributed by atoms with van der Waals surface area (Å²) >= 11 is 0. The van der Waals surface area contributed by atoms with Crippen molar-refractivity contribution in [3.05, 3.63) is 0 Å². The molecule has 4 aliphatic rings. The Morgan fingerprint density at radius 3 is 1.33 bits per heavy atom. The van der Waals surface area contributed by atoms with E-state index in [1.807, 2.05) is 0 Å². The van der Waals surface area contributed by atoms with Crippen molar-refractivity contribution in [2.75, 3.05) is 33.0 Å². The molecule has 4 saturated heterocycles. The van der Waals surface area contributed by atoms with Gasteiger partial charge in [0.05, 0.1) is 33.0 Å². The molecule has 0 saturated carbocycles. The summed E-state index contributed by atoms with van der Waals surface area (Å²) in [6.07, 6.45) is -30.9. The highest BCUT2D eigenvalue weighted by atomic mass is 16.8. The lowest BCUT2D eigenvalue weighted by atomic mass is 9.98. The lowest BCUT2D eigenvalue weighted by Gasteiger charge is -2.44. The van der Waals surface area contributed by atoms with E-state index in [0.29, 0.717) is 0 Å². The second-order valence-corrected chi connectivity index (χ2v) is 11.3. The zero-order valence-corrected chi connectivity index (χ0v) is 23.5. The topological polar surface area (TPSA) is 348 Å². The maximum Gasteiger partial charge on any atom is 0.219 e. The Labute approximate surface area is 254 Å². The molecule has 0 aromatic rings. The van der Waals surface area contributed by atoms with E-state index in [0.717, 1.165) is 0 Å². The van der Waals surface area contributed by atoms with Crippen LogP contribution in [0.5, 0.6) is 0 Å².